The Labute approximate surface area is 115 Å². The first kappa shape index (κ1) is 12.7. The maximum atomic E-state index is 12.5. The van der Waals surface area contributed by atoms with E-state index >= 15 is 0 Å². The molecule has 1 aromatic carbocycles. The van der Waals surface area contributed by atoms with Crippen LogP contribution in [0, 0.1) is 5.92 Å². The molecule has 104 valence electrons. The van der Waals surface area contributed by atoms with Crippen LogP contribution in [0.5, 0.6) is 11.5 Å². The molecule has 1 aromatic heterocycles. The molecule has 0 saturated carbocycles. The molecule has 5 nitrogen and oxygen atoms in total. The van der Waals surface area contributed by atoms with Gasteiger partial charge in [0.1, 0.15) is 23.2 Å². The highest BCUT2D eigenvalue weighted by molar-refractivity contribution is 6.11. The Balaban J connectivity index is 2.42. The molecule has 0 radical (unpaired) electrons. The maximum absolute atomic E-state index is 12.5. The number of carbonyl (C=O) groups excluding carboxylic acids is 1. The molecule has 2 heterocycles. The summed E-state index contributed by atoms with van der Waals surface area (Å²) in [6.07, 6.45) is -0.229. The van der Waals surface area contributed by atoms with Gasteiger partial charge in [-0.3, -0.25) is 4.79 Å². The molecule has 1 aliphatic rings. The maximum Gasteiger partial charge on any atom is 0.336 e. The molecule has 5 heteroatoms. The molecule has 0 unspecified atom stereocenters. The van der Waals surface area contributed by atoms with Crippen molar-refractivity contribution in [2.75, 3.05) is 7.11 Å². The summed E-state index contributed by atoms with van der Waals surface area (Å²) < 4.78 is 16.2. The normalized spacial score (nSPS) is 21.4. The number of hydrogen-bond acceptors (Lipinski definition) is 5. The summed E-state index contributed by atoms with van der Waals surface area (Å²) >= 11 is 0. The van der Waals surface area contributed by atoms with Crippen LogP contribution in [0.1, 0.15) is 24.2 Å². The lowest BCUT2D eigenvalue weighted by atomic mass is 9.90. The molecular formula is C15H14O5. The van der Waals surface area contributed by atoms with Gasteiger partial charge in [-0.2, -0.15) is 0 Å². The molecule has 2 aromatic rings. The van der Waals surface area contributed by atoms with Crippen LogP contribution >= 0.6 is 0 Å². The largest absolute Gasteiger partial charge is 0.496 e. The van der Waals surface area contributed by atoms with Gasteiger partial charge < -0.3 is 13.9 Å². The molecule has 3 rings (SSSR count). The van der Waals surface area contributed by atoms with E-state index in [2.05, 4.69) is 0 Å². The predicted octanol–water partition coefficient (Wildman–Crippen LogP) is 2.40. The summed E-state index contributed by atoms with van der Waals surface area (Å²) in [5.74, 6) is 0.543. The highest BCUT2D eigenvalue weighted by atomic mass is 16.5. The monoisotopic (exact) mass is 274 g/mol. The van der Waals surface area contributed by atoms with Crippen LogP contribution in [0.4, 0.5) is 0 Å². The van der Waals surface area contributed by atoms with E-state index in [1.807, 2.05) is 6.92 Å². The number of rotatable bonds is 1. The lowest BCUT2D eigenvalue weighted by Crippen LogP contribution is -2.33. The Morgan fingerprint density at radius 3 is 2.65 bits per heavy atom. The lowest BCUT2D eigenvalue weighted by molar-refractivity contribution is 0.0731. The van der Waals surface area contributed by atoms with Crippen molar-refractivity contribution < 1.29 is 18.7 Å². The fourth-order valence-electron chi connectivity index (χ4n) is 2.42. The van der Waals surface area contributed by atoms with E-state index in [4.69, 9.17) is 13.9 Å². The van der Waals surface area contributed by atoms with E-state index in [9.17, 15) is 9.59 Å². The van der Waals surface area contributed by atoms with E-state index in [0.29, 0.717) is 22.4 Å². The van der Waals surface area contributed by atoms with E-state index in [1.165, 1.54) is 13.2 Å². The SMILES string of the molecule is COc1cc2c(c3oc(=O)ccc13)C(=O)[C@@H](C)[C@H](C)O2. The summed E-state index contributed by atoms with van der Waals surface area (Å²) in [6.45, 7) is 3.64. The minimum Gasteiger partial charge on any atom is -0.496 e. The van der Waals surface area contributed by atoms with Crippen LogP contribution in [0.2, 0.25) is 0 Å². The smallest absolute Gasteiger partial charge is 0.336 e. The molecule has 0 aliphatic carbocycles. The summed E-state index contributed by atoms with van der Waals surface area (Å²) in [4.78, 5) is 23.9. The van der Waals surface area contributed by atoms with Crippen LogP contribution in [0.15, 0.2) is 27.4 Å². The van der Waals surface area contributed by atoms with Gasteiger partial charge in [0.15, 0.2) is 11.4 Å². The van der Waals surface area contributed by atoms with Crippen molar-refractivity contribution in [1.29, 1.82) is 0 Å². The Morgan fingerprint density at radius 1 is 1.20 bits per heavy atom. The van der Waals surface area contributed by atoms with Crippen molar-refractivity contribution in [2.24, 2.45) is 5.92 Å². The second-order valence-corrected chi connectivity index (χ2v) is 4.93. The third-order valence-electron chi connectivity index (χ3n) is 3.73. The molecule has 0 N–H and O–H groups in total. The number of hydrogen-bond donors (Lipinski definition) is 0. The molecule has 0 fully saturated rings. The zero-order valence-electron chi connectivity index (χ0n) is 11.4. The first-order valence-corrected chi connectivity index (χ1v) is 6.38. The van der Waals surface area contributed by atoms with Crippen LogP contribution in [0.25, 0.3) is 11.0 Å². The van der Waals surface area contributed by atoms with Gasteiger partial charge in [-0.1, -0.05) is 6.92 Å². The van der Waals surface area contributed by atoms with Crippen LogP contribution in [0.3, 0.4) is 0 Å². The Kier molecular flexibility index (Phi) is 2.78. The van der Waals surface area contributed by atoms with Crippen molar-refractivity contribution in [1.82, 2.24) is 0 Å². The summed E-state index contributed by atoms with van der Waals surface area (Å²) in [5.41, 5.74) is 0.0479. The zero-order valence-corrected chi connectivity index (χ0v) is 11.4. The third kappa shape index (κ3) is 1.70. The molecular weight excluding hydrogens is 260 g/mol. The van der Waals surface area contributed by atoms with Gasteiger partial charge in [-0.15, -0.1) is 0 Å². The van der Waals surface area contributed by atoms with Gasteiger partial charge in [-0.25, -0.2) is 4.79 Å². The number of Topliss-reactive ketones (excluding diaryl/α,β-unsaturated/α-hetero) is 1. The average molecular weight is 274 g/mol. The predicted molar refractivity (Wildman–Crippen MR) is 72.6 cm³/mol. The fourth-order valence-corrected chi connectivity index (χ4v) is 2.42. The van der Waals surface area contributed by atoms with Gasteiger partial charge >= 0.3 is 5.63 Å². The number of benzene rings is 1. The number of ether oxygens (including phenoxy) is 2. The van der Waals surface area contributed by atoms with Crippen molar-refractivity contribution in [3.05, 3.63) is 34.2 Å². The van der Waals surface area contributed by atoms with Crippen molar-refractivity contribution in [3.8, 4) is 11.5 Å². The number of fused-ring (bicyclic) bond motifs is 3. The standard InChI is InChI=1S/C15H14O5/c1-7-8(2)19-11-6-10(18-3)9-4-5-12(16)20-15(9)13(11)14(7)17/h4-8H,1-3H3/t7-,8-/m0/s1. The van der Waals surface area contributed by atoms with Crippen molar-refractivity contribution in [2.45, 2.75) is 20.0 Å². The zero-order chi connectivity index (χ0) is 14.4. The van der Waals surface area contributed by atoms with Gasteiger partial charge in [0.2, 0.25) is 0 Å². The van der Waals surface area contributed by atoms with E-state index in [1.54, 1.807) is 19.1 Å². The van der Waals surface area contributed by atoms with Gasteiger partial charge in [0.05, 0.1) is 18.4 Å². The quantitative estimate of drug-likeness (QED) is 0.747. The van der Waals surface area contributed by atoms with Crippen molar-refractivity contribution >= 4 is 16.8 Å². The Hall–Kier alpha value is -2.30. The topological polar surface area (TPSA) is 65.7 Å². The van der Waals surface area contributed by atoms with E-state index in [-0.39, 0.29) is 23.4 Å². The molecule has 0 bridgehead atoms. The molecule has 2 atom stereocenters. The summed E-state index contributed by atoms with van der Waals surface area (Å²) in [7, 11) is 1.52. The van der Waals surface area contributed by atoms with Gasteiger partial charge in [-0.05, 0) is 13.0 Å². The first-order chi connectivity index (χ1) is 9.52. The lowest BCUT2D eigenvalue weighted by Gasteiger charge is -2.28. The molecule has 1 aliphatic heterocycles. The van der Waals surface area contributed by atoms with E-state index in [0.717, 1.165) is 0 Å². The second kappa shape index (κ2) is 4.37. The van der Waals surface area contributed by atoms with Crippen molar-refractivity contribution in [3.63, 3.8) is 0 Å². The minimum absolute atomic E-state index is 0.0826. The van der Waals surface area contributed by atoms with Gasteiger partial charge in [0.25, 0.3) is 0 Å². The molecule has 0 saturated heterocycles. The summed E-state index contributed by atoms with van der Waals surface area (Å²) in [6, 6.07) is 4.56. The second-order valence-electron chi connectivity index (χ2n) is 4.93. The van der Waals surface area contributed by atoms with Crippen LogP contribution in [-0.2, 0) is 0 Å². The minimum atomic E-state index is -0.507. The third-order valence-corrected chi connectivity index (χ3v) is 3.73. The highest BCUT2D eigenvalue weighted by Crippen LogP contribution is 2.40. The Bertz CT molecular complexity index is 759. The summed E-state index contributed by atoms with van der Waals surface area (Å²) in [5, 5.41) is 0.588. The number of carbonyl (C=O) groups is 1. The highest BCUT2D eigenvalue weighted by Gasteiger charge is 2.34. The van der Waals surface area contributed by atoms with Gasteiger partial charge in [0, 0.05) is 12.1 Å². The molecule has 0 spiro atoms. The number of ketones is 1. The Morgan fingerprint density at radius 2 is 1.95 bits per heavy atom. The molecule has 20 heavy (non-hydrogen) atoms. The van der Waals surface area contributed by atoms with Crippen LogP contribution < -0.4 is 15.1 Å². The average Bonchev–Trinajstić information content (AvgIpc) is 2.43. The van der Waals surface area contributed by atoms with Crippen LogP contribution in [-0.4, -0.2) is 19.0 Å². The molecule has 0 amide bonds. The fraction of sp³-hybridized carbons (Fsp3) is 0.333. The van der Waals surface area contributed by atoms with E-state index < -0.39 is 5.63 Å². The first-order valence-electron chi connectivity index (χ1n) is 6.38. The number of methoxy groups -OCH3 is 1.